The lowest BCUT2D eigenvalue weighted by Crippen LogP contribution is -2.32. The summed E-state index contributed by atoms with van der Waals surface area (Å²) in [7, 11) is 1.65. The van der Waals surface area contributed by atoms with Crippen molar-refractivity contribution in [1.29, 1.82) is 0 Å². The fourth-order valence-electron chi connectivity index (χ4n) is 3.44. The number of nitrogens with one attached hydrogen (secondary N) is 1. The Balaban J connectivity index is 1.36. The molecule has 5 heteroatoms. The summed E-state index contributed by atoms with van der Waals surface area (Å²) < 4.78 is 11.1. The summed E-state index contributed by atoms with van der Waals surface area (Å²) in [4.78, 5) is 12.1. The van der Waals surface area contributed by atoms with Crippen LogP contribution in [0.1, 0.15) is 36.0 Å². The van der Waals surface area contributed by atoms with Crippen LogP contribution in [0.4, 0.5) is 0 Å². The molecule has 144 valence electrons. The number of phenolic OH excluding ortho intramolecular Hbond substituents is 1. The van der Waals surface area contributed by atoms with Gasteiger partial charge in [0.25, 0.3) is 5.91 Å². The number of rotatable bonds is 7. The number of ether oxygens (including phenoxy) is 2. The molecule has 1 fully saturated rings. The summed E-state index contributed by atoms with van der Waals surface area (Å²) in [5, 5.41) is 12.3. The minimum absolute atomic E-state index is 0.0834. The van der Waals surface area contributed by atoms with Crippen LogP contribution in [0.15, 0.2) is 48.5 Å². The fourth-order valence-corrected chi connectivity index (χ4v) is 3.44. The average molecular weight is 369 g/mol. The maximum Gasteiger partial charge on any atom is 0.251 e. The Kier molecular flexibility index (Phi) is 6.58. The summed E-state index contributed by atoms with van der Waals surface area (Å²) in [6.45, 7) is 1.44. The number of amides is 1. The van der Waals surface area contributed by atoms with Crippen molar-refractivity contribution in [3.63, 3.8) is 0 Å². The van der Waals surface area contributed by atoms with Crippen molar-refractivity contribution in [2.45, 2.75) is 25.7 Å². The number of hydrogen-bond donors (Lipinski definition) is 2. The third-order valence-electron chi connectivity index (χ3n) is 5.19. The number of carbonyl (C=O) groups is 1. The normalized spacial score (nSPS) is 19.3. The first-order chi connectivity index (χ1) is 13.1. The maximum atomic E-state index is 12.1. The molecule has 1 aliphatic rings. The summed E-state index contributed by atoms with van der Waals surface area (Å²) in [6.07, 6.45) is 4.45. The lowest BCUT2D eigenvalue weighted by atomic mass is 9.82. The van der Waals surface area contributed by atoms with Gasteiger partial charge in [0.1, 0.15) is 17.2 Å². The summed E-state index contributed by atoms with van der Waals surface area (Å²) >= 11 is 0. The van der Waals surface area contributed by atoms with Crippen LogP contribution in [0.2, 0.25) is 0 Å². The van der Waals surface area contributed by atoms with E-state index < -0.39 is 0 Å². The highest BCUT2D eigenvalue weighted by Gasteiger charge is 2.22. The largest absolute Gasteiger partial charge is 0.508 e. The van der Waals surface area contributed by atoms with Crippen molar-refractivity contribution >= 4 is 5.91 Å². The third kappa shape index (κ3) is 5.64. The highest BCUT2D eigenvalue weighted by Crippen LogP contribution is 2.29. The van der Waals surface area contributed by atoms with Gasteiger partial charge in [-0.1, -0.05) is 0 Å². The van der Waals surface area contributed by atoms with Crippen LogP contribution in [-0.2, 0) is 0 Å². The first kappa shape index (κ1) is 19.1. The standard InChI is InChI=1S/C22H27NO4/c1-26-20-10-12-21(13-11-20)27-15-17-4-2-16(3-5-17)14-23-22(25)18-6-8-19(24)9-7-18/h6-13,16-17,24H,2-5,14-15H2,1H3,(H,23,25). The molecule has 0 spiro atoms. The molecule has 27 heavy (non-hydrogen) atoms. The monoisotopic (exact) mass is 369 g/mol. The molecular formula is C22H27NO4. The van der Waals surface area contributed by atoms with Crippen molar-refractivity contribution in [2.24, 2.45) is 11.8 Å². The van der Waals surface area contributed by atoms with Gasteiger partial charge in [0.2, 0.25) is 0 Å². The van der Waals surface area contributed by atoms with Crippen LogP contribution in [0.3, 0.4) is 0 Å². The lowest BCUT2D eigenvalue weighted by Gasteiger charge is -2.28. The topological polar surface area (TPSA) is 67.8 Å². The van der Waals surface area contributed by atoms with E-state index in [-0.39, 0.29) is 11.7 Å². The molecule has 3 rings (SSSR count). The first-order valence-corrected chi connectivity index (χ1v) is 9.48. The second-order valence-electron chi connectivity index (χ2n) is 7.13. The van der Waals surface area contributed by atoms with Crippen molar-refractivity contribution in [3.8, 4) is 17.2 Å². The fraction of sp³-hybridized carbons (Fsp3) is 0.409. The molecule has 5 nitrogen and oxygen atoms in total. The number of hydrogen-bond acceptors (Lipinski definition) is 4. The summed E-state index contributed by atoms with van der Waals surface area (Å²) in [5.41, 5.74) is 0.578. The van der Waals surface area contributed by atoms with Gasteiger partial charge in [-0.25, -0.2) is 0 Å². The van der Waals surface area contributed by atoms with E-state index in [1.165, 1.54) is 12.1 Å². The third-order valence-corrected chi connectivity index (χ3v) is 5.19. The van der Waals surface area contributed by atoms with Crippen molar-refractivity contribution in [1.82, 2.24) is 5.32 Å². The number of benzene rings is 2. The molecule has 2 N–H and O–H groups in total. The zero-order chi connectivity index (χ0) is 19.1. The second kappa shape index (κ2) is 9.31. The van der Waals surface area contributed by atoms with Crippen LogP contribution in [-0.4, -0.2) is 31.3 Å². The van der Waals surface area contributed by atoms with Crippen molar-refractivity contribution in [3.05, 3.63) is 54.1 Å². The molecular weight excluding hydrogens is 342 g/mol. The molecule has 1 aliphatic carbocycles. The van der Waals surface area contributed by atoms with Crippen molar-refractivity contribution in [2.75, 3.05) is 20.3 Å². The van der Waals surface area contributed by atoms with Gasteiger partial charge in [-0.05, 0) is 86.1 Å². The molecule has 0 unspecified atom stereocenters. The Bertz CT molecular complexity index is 719. The van der Waals surface area contributed by atoms with Crippen LogP contribution in [0, 0.1) is 11.8 Å². The molecule has 2 aromatic rings. The minimum atomic E-state index is -0.0834. The average Bonchev–Trinajstić information content (AvgIpc) is 2.72. The highest BCUT2D eigenvalue weighted by molar-refractivity contribution is 5.94. The Hall–Kier alpha value is -2.69. The molecule has 2 aromatic carbocycles. The van der Waals surface area contributed by atoms with Gasteiger partial charge < -0.3 is 19.9 Å². The van der Waals surface area contributed by atoms with Crippen LogP contribution in [0.25, 0.3) is 0 Å². The van der Waals surface area contributed by atoms with Gasteiger partial charge in [0.05, 0.1) is 13.7 Å². The van der Waals surface area contributed by atoms with Crippen LogP contribution < -0.4 is 14.8 Å². The molecule has 0 aliphatic heterocycles. The molecule has 0 atom stereocenters. The van der Waals surface area contributed by atoms with E-state index in [0.29, 0.717) is 23.9 Å². The van der Waals surface area contributed by atoms with Crippen LogP contribution in [0.5, 0.6) is 17.2 Å². The van der Waals surface area contributed by atoms with Gasteiger partial charge >= 0.3 is 0 Å². The Morgan fingerprint density at radius 2 is 1.56 bits per heavy atom. The Morgan fingerprint density at radius 1 is 0.963 bits per heavy atom. The molecule has 0 heterocycles. The zero-order valence-electron chi connectivity index (χ0n) is 15.7. The molecule has 0 bridgehead atoms. The Labute approximate surface area is 160 Å². The Morgan fingerprint density at radius 3 is 2.19 bits per heavy atom. The smallest absolute Gasteiger partial charge is 0.251 e. The van der Waals surface area contributed by atoms with Crippen molar-refractivity contribution < 1.29 is 19.4 Å². The van der Waals surface area contributed by atoms with Gasteiger partial charge in [-0.15, -0.1) is 0 Å². The summed E-state index contributed by atoms with van der Waals surface area (Å²) in [6, 6.07) is 14.0. The number of methoxy groups -OCH3 is 1. The van der Waals surface area contributed by atoms with E-state index in [0.717, 1.165) is 43.8 Å². The van der Waals surface area contributed by atoms with E-state index in [9.17, 15) is 9.90 Å². The van der Waals surface area contributed by atoms with E-state index in [1.54, 1.807) is 19.2 Å². The maximum absolute atomic E-state index is 12.1. The number of aromatic hydroxyl groups is 1. The molecule has 1 saturated carbocycles. The van der Waals surface area contributed by atoms with Gasteiger partial charge in [-0.2, -0.15) is 0 Å². The minimum Gasteiger partial charge on any atom is -0.508 e. The predicted octanol–water partition coefficient (Wildman–Crippen LogP) is 4.02. The van der Waals surface area contributed by atoms with Gasteiger partial charge in [0, 0.05) is 12.1 Å². The van der Waals surface area contributed by atoms with Crippen LogP contribution >= 0.6 is 0 Å². The first-order valence-electron chi connectivity index (χ1n) is 9.48. The molecule has 0 aromatic heterocycles. The molecule has 0 radical (unpaired) electrons. The second-order valence-corrected chi connectivity index (χ2v) is 7.13. The number of carbonyl (C=O) groups excluding carboxylic acids is 1. The highest BCUT2D eigenvalue weighted by atomic mass is 16.5. The molecule has 1 amide bonds. The van der Waals surface area contributed by atoms with Gasteiger partial charge in [-0.3, -0.25) is 4.79 Å². The number of phenols is 1. The van der Waals surface area contributed by atoms with Gasteiger partial charge in [0.15, 0.2) is 0 Å². The summed E-state index contributed by atoms with van der Waals surface area (Å²) in [5.74, 6) is 2.87. The quantitative estimate of drug-likeness (QED) is 0.774. The zero-order valence-corrected chi connectivity index (χ0v) is 15.7. The van der Waals surface area contributed by atoms with E-state index in [1.807, 2.05) is 24.3 Å². The van der Waals surface area contributed by atoms with E-state index >= 15 is 0 Å². The lowest BCUT2D eigenvalue weighted by molar-refractivity contribution is 0.0938. The van der Waals surface area contributed by atoms with E-state index in [2.05, 4.69) is 5.32 Å². The predicted molar refractivity (Wildman–Crippen MR) is 104 cm³/mol. The SMILES string of the molecule is COc1ccc(OCC2CCC(CNC(=O)c3ccc(O)cc3)CC2)cc1. The van der Waals surface area contributed by atoms with E-state index in [4.69, 9.17) is 9.47 Å². The molecule has 0 saturated heterocycles.